The number of hydrogen-bond donors (Lipinski definition) is 2. The normalized spacial score (nSPS) is 12.9. The summed E-state index contributed by atoms with van der Waals surface area (Å²) < 4.78 is 0.871. The Morgan fingerprint density at radius 2 is 2.00 bits per heavy atom. The average molecular weight is 391 g/mol. The lowest BCUT2D eigenvalue weighted by Crippen LogP contribution is -2.27. The number of amides is 2. The van der Waals surface area contributed by atoms with Crippen LogP contribution in [0.25, 0.3) is 0 Å². The summed E-state index contributed by atoms with van der Waals surface area (Å²) in [6, 6.07) is 10.9. The molecule has 0 fully saturated rings. The van der Waals surface area contributed by atoms with Gasteiger partial charge in [0.15, 0.2) is 0 Å². The van der Waals surface area contributed by atoms with Gasteiger partial charge in [-0.05, 0) is 36.2 Å². The van der Waals surface area contributed by atoms with Gasteiger partial charge < -0.3 is 10.2 Å². The molecule has 0 bridgehead atoms. The molecule has 2 amide bonds. The molecule has 1 heterocycles. The molecule has 2 aromatic rings. The lowest BCUT2D eigenvalue weighted by atomic mass is 10.1. The summed E-state index contributed by atoms with van der Waals surface area (Å²) in [6.45, 7) is 2.17. The van der Waals surface area contributed by atoms with E-state index in [1.165, 1.54) is 6.92 Å². The van der Waals surface area contributed by atoms with E-state index in [0.717, 1.165) is 22.1 Å². The molecular weight excluding hydrogens is 376 g/mol. The Balaban J connectivity index is 1.99. The molecule has 118 valence electrons. The van der Waals surface area contributed by atoms with E-state index >= 15 is 0 Å². The van der Waals surface area contributed by atoms with E-state index in [4.69, 9.17) is 0 Å². The molecule has 0 radical (unpaired) electrons. The summed E-state index contributed by atoms with van der Waals surface area (Å²) in [7, 11) is 0. The highest BCUT2D eigenvalue weighted by atomic mass is 79.9. The molecule has 1 aliphatic heterocycles. The summed E-state index contributed by atoms with van der Waals surface area (Å²) in [5.74, 6) is -0.275. The number of fused-ring (bicyclic) bond motifs is 1. The Kier molecular flexibility index (Phi) is 4.46. The van der Waals surface area contributed by atoms with Crippen LogP contribution >= 0.6 is 28.6 Å². The molecule has 0 aromatic heterocycles. The topological polar surface area (TPSA) is 49.4 Å². The first-order valence-corrected chi connectivity index (χ1v) is 8.41. The summed E-state index contributed by atoms with van der Waals surface area (Å²) in [6.07, 6.45) is 0.778. The van der Waals surface area contributed by atoms with E-state index in [-0.39, 0.29) is 11.8 Å². The number of carbonyl (C=O) groups excluding carboxylic acids is 2. The maximum absolute atomic E-state index is 12.5. The molecule has 0 saturated carbocycles. The first-order valence-electron chi connectivity index (χ1n) is 7.17. The smallest absolute Gasteiger partial charge is 0.256 e. The molecule has 6 heteroatoms. The van der Waals surface area contributed by atoms with Crippen LogP contribution in [0.5, 0.6) is 0 Å². The molecule has 2 aromatic carbocycles. The second-order valence-corrected chi connectivity index (χ2v) is 6.75. The maximum Gasteiger partial charge on any atom is 0.256 e. The Morgan fingerprint density at radius 1 is 1.26 bits per heavy atom. The van der Waals surface area contributed by atoms with Crippen molar-refractivity contribution in [3.63, 3.8) is 0 Å². The standard InChI is InChI=1S/C17H15BrN2O2S/c1-10(21)20-7-6-11-8-12(18)9-14(16(11)20)19-17(22)13-4-2-3-5-15(13)23/h2-5,8-9,23H,6-7H2,1H3,(H,19,22). The van der Waals surface area contributed by atoms with Gasteiger partial charge in [0.2, 0.25) is 5.91 Å². The minimum Gasteiger partial charge on any atom is -0.320 e. The van der Waals surface area contributed by atoms with Crippen molar-refractivity contribution in [2.75, 3.05) is 16.8 Å². The first kappa shape index (κ1) is 16.1. The monoisotopic (exact) mass is 390 g/mol. The molecule has 23 heavy (non-hydrogen) atoms. The second-order valence-electron chi connectivity index (χ2n) is 5.35. The summed E-state index contributed by atoms with van der Waals surface area (Å²) >= 11 is 7.78. The van der Waals surface area contributed by atoms with Gasteiger partial charge in [0.25, 0.3) is 5.91 Å². The quantitative estimate of drug-likeness (QED) is 0.763. The van der Waals surface area contributed by atoms with Gasteiger partial charge in [-0.3, -0.25) is 9.59 Å². The highest BCUT2D eigenvalue weighted by Gasteiger charge is 2.27. The Bertz CT molecular complexity index is 807. The molecule has 1 N–H and O–H groups in total. The highest BCUT2D eigenvalue weighted by Crippen LogP contribution is 2.38. The van der Waals surface area contributed by atoms with Crippen LogP contribution in [-0.4, -0.2) is 18.4 Å². The molecule has 0 aliphatic carbocycles. The SMILES string of the molecule is CC(=O)N1CCc2cc(Br)cc(NC(=O)c3ccccc3S)c21. The fourth-order valence-electron chi connectivity index (χ4n) is 2.77. The number of rotatable bonds is 2. The zero-order valence-electron chi connectivity index (χ0n) is 12.5. The molecule has 3 rings (SSSR count). The van der Waals surface area contributed by atoms with Crippen LogP contribution in [0.2, 0.25) is 0 Å². The molecule has 0 unspecified atom stereocenters. The Hall–Kier alpha value is -1.79. The van der Waals surface area contributed by atoms with Crippen molar-refractivity contribution < 1.29 is 9.59 Å². The van der Waals surface area contributed by atoms with Crippen LogP contribution in [0, 0.1) is 0 Å². The number of nitrogens with zero attached hydrogens (tertiary/aromatic N) is 1. The van der Waals surface area contributed by atoms with Crippen molar-refractivity contribution in [3.05, 3.63) is 52.0 Å². The van der Waals surface area contributed by atoms with Crippen molar-refractivity contribution in [3.8, 4) is 0 Å². The molecule has 0 saturated heterocycles. The fraction of sp³-hybridized carbons (Fsp3) is 0.176. The van der Waals surface area contributed by atoms with Gasteiger partial charge >= 0.3 is 0 Å². The van der Waals surface area contributed by atoms with Crippen LogP contribution < -0.4 is 10.2 Å². The molecule has 1 aliphatic rings. The van der Waals surface area contributed by atoms with Crippen LogP contribution in [-0.2, 0) is 11.2 Å². The average Bonchev–Trinajstić information content (AvgIpc) is 2.91. The van der Waals surface area contributed by atoms with Crippen molar-refractivity contribution in [1.82, 2.24) is 0 Å². The van der Waals surface area contributed by atoms with Crippen molar-refractivity contribution in [2.45, 2.75) is 18.2 Å². The van der Waals surface area contributed by atoms with Gasteiger partial charge in [0.05, 0.1) is 16.9 Å². The van der Waals surface area contributed by atoms with Gasteiger partial charge in [-0.15, -0.1) is 12.6 Å². The highest BCUT2D eigenvalue weighted by molar-refractivity contribution is 9.10. The van der Waals surface area contributed by atoms with E-state index in [2.05, 4.69) is 33.9 Å². The van der Waals surface area contributed by atoms with Crippen LogP contribution in [0.15, 0.2) is 45.8 Å². The minimum atomic E-state index is -0.244. The van der Waals surface area contributed by atoms with Gasteiger partial charge in [-0.2, -0.15) is 0 Å². The van der Waals surface area contributed by atoms with Crippen molar-refractivity contribution >= 4 is 51.7 Å². The zero-order valence-corrected chi connectivity index (χ0v) is 14.9. The van der Waals surface area contributed by atoms with Crippen molar-refractivity contribution in [1.29, 1.82) is 0 Å². The maximum atomic E-state index is 12.5. The number of carbonyl (C=O) groups is 2. The van der Waals surface area contributed by atoms with E-state index in [9.17, 15) is 9.59 Å². The number of benzene rings is 2. The van der Waals surface area contributed by atoms with Crippen LogP contribution in [0.1, 0.15) is 22.8 Å². The molecular formula is C17H15BrN2O2S. The number of thiol groups is 1. The predicted octanol–water partition coefficient (Wildman–Crippen LogP) is 3.90. The third kappa shape index (κ3) is 3.14. The minimum absolute atomic E-state index is 0.0313. The number of hydrogen-bond acceptors (Lipinski definition) is 3. The largest absolute Gasteiger partial charge is 0.320 e. The number of anilines is 2. The van der Waals surface area contributed by atoms with Gasteiger partial charge in [0, 0.05) is 22.8 Å². The lowest BCUT2D eigenvalue weighted by molar-refractivity contribution is -0.116. The fourth-order valence-corrected chi connectivity index (χ4v) is 3.54. The molecule has 0 atom stereocenters. The van der Waals surface area contributed by atoms with Crippen LogP contribution in [0.4, 0.5) is 11.4 Å². The summed E-state index contributed by atoms with van der Waals surface area (Å²) in [4.78, 5) is 26.7. The lowest BCUT2D eigenvalue weighted by Gasteiger charge is -2.19. The van der Waals surface area contributed by atoms with Gasteiger partial charge in [-0.1, -0.05) is 28.1 Å². The first-order chi connectivity index (χ1) is 11.0. The molecule has 0 spiro atoms. The number of nitrogens with one attached hydrogen (secondary N) is 1. The van der Waals surface area contributed by atoms with Gasteiger partial charge in [-0.25, -0.2) is 0 Å². The van der Waals surface area contributed by atoms with Crippen molar-refractivity contribution in [2.24, 2.45) is 0 Å². The third-order valence-corrected chi connectivity index (χ3v) is 4.65. The molecule has 4 nitrogen and oxygen atoms in total. The summed E-state index contributed by atoms with van der Waals surface area (Å²) in [5.41, 5.74) is 2.95. The van der Waals surface area contributed by atoms with Crippen LogP contribution in [0.3, 0.4) is 0 Å². The summed E-state index contributed by atoms with van der Waals surface area (Å²) in [5, 5.41) is 2.91. The second kappa shape index (κ2) is 6.37. The Morgan fingerprint density at radius 3 is 2.70 bits per heavy atom. The van der Waals surface area contributed by atoms with E-state index in [0.29, 0.717) is 22.7 Å². The Labute approximate surface area is 148 Å². The van der Waals surface area contributed by atoms with E-state index in [1.807, 2.05) is 18.2 Å². The third-order valence-electron chi connectivity index (χ3n) is 3.81. The van der Waals surface area contributed by atoms with E-state index in [1.54, 1.807) is 23.1 Å². The van der Waals surface area contributed by atoms with Gasteiger partial charge in [0.1, 0.15) is 0 Å². The zero-order chi connectivity index (χ0) is 16.6. The number of halogens is 1. The predicted molar refractivity (Wildman–Crippen MR) is 97.5 cm³/mol. The van der Waals surface area contributed by atoms with E-state index < -0.39 is 0 Å².